The summed E-state index contributed by atoms with van der Waals surface area (Å²) in [6.45, 7) is 4.17. The summed E-state index contributed by atoms with van der Waals surface area (Å²) >= 11 is 0. The summed E-state index contributed by atoms with van der Waals surface area (Å²) in [6, 6.07) is 18.7. The van der Waals surface area contributed by atoms with E-state index in [9.17, 15) is 9.13 Å². The maximum atomic E-state index is 14.5. The molecule has 1 saturated carbocycles. The molecule has 0 heterocycles. The molecule has 1 N–H and O–H groups in total. The van der Waals surface area contributed by atoms with Gasteiger partial charge >= 0.3 is 7.60 Å². The molecule has 0 spiro atoms. The van der Waals surface area contributed by atoms with Gasteiger partial charge in [0.15, 0.2) is 0 Å². The van der Waals surface area contributed by atoms with Crippen molar-refractivity contribution in [1.82, 2.24) is 5.09 Å². The predicted molar refractivity (Wildman–Crippen MR) is 115 cm³/mol. The smallest absolute Gasteiger partial charge is 0.308 e. The molecule has 2 aromatic rings. The number of hydrogen-bond acceptors (Lipinski definition) is 4. The highest BCUT2D eigenvalue weighted by Gasteiger charge is 2.55. The molecule has 28 heavy (non-hydrogen) atoms. The Hall–Kier alpha value is -1.22. The summed E-state index contributed by atoms with van der Waals surface area (Å²) in [7, 11) is -6.78. The molecule has 0 aromatic heterocycles. The Morgan fingerprint density at radius 3 is 1.64 bits per heavy atom. The van der Waals surface area contributed by atoms with Gasteiger partial charge in [-0.05, 0) is 51.0 Å². The van der Waals surface area contributed by atoms with Crippen molar-refractivity contribution < 1.29 is 18.2 Å². The van der Waals surface area contributed by atoms with Crippen LogP contribution in [0.4, 0.5) is 0 Å². The van der Waals surface area contributed by atoms with E-state index in [4.69, 9.17) is 9.05 Å². The zero-order valence-electron chi connectivity index (χ0n) is 16.5. The molecule has 152 valence electrons. The molecule has 2 aromatic carbocycles. The van der Waals surface area contributed by atoms with Crippen LogP contribution >= 0.6 is 14.9 Å². The van der Waals surface area contributed by atoms with Crippen LogP contribution in [0, 0.1) is 0 Å². The minimum absolute atomic E-state index is 0.279. The molecule has 0 radical (unpaired) electrons. The first-order valence-corrected chi connectivity index (χ1v) is 13.1. The lowest BCUT2D eigenvalue weighted by Crippen LogP contribution is -2.45. The van der Waals surface area contributed by atoms with Crippen molar-refractivity contribution >= 4 is 25.5 Å². The van der Waals surface area contributed by atoms with Crippen LogP contribution in [0.2, 0.25) is 0 Å². The Kier molecular flexibility index (Phi) is 6.96. The summed E-state index contributed by atoms with van der Waals surface area (Å²) in [5.74, 6) is 0. The molecule has 0 bridgehead atoms. The van der Waals surface area contributed by atoms with Crippen LogP contribution < -0.4 is 15.7 Å². The van der Waals surface area contributed by atoms with Crippen LogP contribution in [0.5, 0.6) is 0 Å². The quantitative estimate of drug-likeness (QED) is 0.575. The van der Waals surface area contributed by atoms with Crippen LogP contribution in [0.1, 0.15) is 39.5 Å². The third kappa shape index (κ3) is 4.06. The largest absolute Gasteiger partial charge is 0.350 e. The van der Waals surface area contributed by atoms with Gasteiger partial charge in [-0.3, -0.25) is 9.13 Å². The van der Waals surface area contributed by atoms with E-state index in [1.165, 1.54) is 0 Å². The van der Waals surface area contributed by atoms with Crippen LogP contribution in [0.3, 0.4) is 0 Å². The molecule has 0 saturated heterocycles. The number of benzene rings is 2. The van der Waals surface area contributed by atoms with Gasteiger partial charge in [0, 0.05) is 10.6 Å². The Morgan fingerprint density at radius 1 is 0.821 bits per heavy atom. The third-order valence-corrected chi connectivity index (χ3v) is 10.9. The van der Waals surface area contributed by atoms with Gasteiger partial charge in [-0.2, -0.15) is 0 Å². The van der Waals surface area contributed by atoms with E-state index < -0.39 is 20.2 Å². The van der Waals surface area contributed by atoms with Gasteiger partial charge in [0.25, 0.3) is 0 Å². The van der Waals surface area contributed by atoms with Gasteiger partial charge in [0.05, 0.1) is 13.2 Å². The monoisotopic (exact) mass is 421 g/mol. The summed E-state index contributed by atoms with van der Waals surface area (Å²) in [6.07, 6.45) is 2.99. The second-order valence-electron chi connectivity index (χ2n) is 6.96. The molecule has 0 aliphatic heterocycles. The molecule has 1 fully saturated rings. The minimum Gasteiger partial charge on any atom is -0.308 e. The highest BCUT2D eigenvalue weighted by atomic mass is 31.2. The SMILES string of the molecule is CCOP(=O)(OCC)C1(NP(=O)(c2ccccc2)c2ccccc2)CCCC1. The predicted octanol–water partition coefficient (Wildman–Crippen LogP) is 5.04. The fourth-order valence-corrected chi connectivity index (χ4v) is 9.45. The van der Waals surface area contributed by atoms with Crippen molar-refractivity contribution in [2.24, 2.45) is 0 Å². The van der Waals surface area contributed by atoms with Gasteiger partial charge in [0.2, 0.25) is 7.29 Å². The van der Waals surface area contributed by atoms with E-state index in [-0.39, 0.29) is 13.2 Å². The highest BCUT2D eigenvalue weighted by Crippen LogP contribution is 2.67. The Morgan fingerprint density at radius 2 is 1.25 bits per heavy atom. The molecule has 7 heteroatoms. The van der Waals surface area contributed by atoms with Gasteiger partial charge in [-0.1, -0.05) is 49.2 Å². The fourth-order valence-electron chi connectivity index (χ4n) is 3.88. The molecule has 0 amide bonds. The van der Waals surface area contributed by atoms with Gasteiger partial charge < -0.3 is 9.05 Å². The minimum atomic E-state index is -3.52. The van der Waals surface area contributed by atoms with Crippen molar-refractivity contribution in [2.75, 3.05) is 13.2 Å². The van der Waals surface area contributed by atoms with Crippen molar-refractivity contribution in [3.63, 3.8) is 0 Å². The average molecular weight is 421 g/mol. The lowest BCUT2D eigenvalue weighted by atomic mass is 10.3. The normalized spacial score (nSPS) is 16.9. The molecule has 1 aliphatic rings. The summed E-state index contributed by atoms with van der Waals surface area (Å²) < 4.78 is 39.8. The summed E-state index contributed by atoms with van der Waals surface area (Å²) in [5, 5.41) is 3.81. The Labute approximate surface area is 167 Å². The van der Waals surface area contributed by atoms with E-state index in [2.05, 4.69) is 5.09 Å². The number of hydrogen-bond donors (Lipinski definition) is 1. The standard InChI is InChI=1S/C21H29NO4P2/c1-3-25-28(24,26-4-2)21(17-11-12-18-21)22-27(23,19-13-7-5-8-14-19)20-15-9-6-10-16-20/h5-10,13-16H,3-4,11-12,17-18H2,1-2H3,(H,22,23). The van der Waals surface area contributed by atoms with E-state index >= 15 is 0 Å². The highest BCUT2D eigenvalue weighted by molar-refractivity contribution is 7.77. The number of rotatable bonds is 9. The van der Waals surface area contributed by atoms with Gasteiger partial charge in [-0.15, -0.1) is 0 Å². The first-order chi connectivity index (χ1) is 13.5. The zero-order chi connectivity index (χ0) is 20.1. The fraction of sp³-hybridized carbons (Fsp3) is 0.429. The summed E-state index contributed by atoms with van der Waals surface area (Å²) in [4.78, 5) is 0. The van der Waals surface area contributed by atoms with Crippen molar-refractivity contribution in [3.05, 3.63) is 60.7 Å². The zero-order valence-corrected chi connectivity index (χ0v) is 18.3. The van der Waals surface area contributed by atoms with E-state index in [0.29, 0.717) is 23.5 Å². The van der Waals surface area contributed by atoms with Gasteiger partial charge in [-0.25, -0.2) is 5.09 Å². The first kappa shape index (κ1) is 21.5. The Bertz CT molecular complexity index is 798. The molecular weight excluding hydrogens is 392 g/mol. The average Bonchev–Trinajstić information content (AvgIpc) is 3.20. The first-order valence-electron chi connectivity index (χ1n) is 9.89. The van der Waals surface area contributed by atoms with Crippen LogP contribution in [0.15, 0.2) is 60.7 Å². The molecule has 0 unspecified atom stereocenters. The topological polar surface area (TPSA) is 64.6 Å². The van der Waals surface area contributed by atoms with Crippen LogP contribution in [-0.2, 0) is 18.2 Å². The lowest BCUT2D eigenvalue weighted by Gasteiger charge is -2.39. The lowest BCUT2D eigenvalue weighted by molar-refractivity contribution is 0.192. The third-order valence-electron chi connectivity index (χ3n) is 5.16. The molecular formula is C21H29NO4P2. The van der Waals surface area contributed by atoms with E-state index in [1.54, 1.807) is 0 Å². The Balaban J connectivity index is 2.13. The molecule has 1 aliphatic carbocycles. The molecule has 3 rings (SSSR count). The van der Waals surface area contributed by atoms with E-state index in [0.717, 1.165) is 12.8 Å². The van der Waals surface area contributed by atoms with Crippen LogP contribution in [0.25, 0.3) is 0 Å². The molecule has 5 nitrogen and oxygen atoms in total. The summed E-state index contributed by atoms with van der Waals surface area (Å²) in [5.41, 5.74) is 0. The van der Waals surface area contributed by atoms with Crippen molar-refractivity contribution in [1.29, 1.82) is 0 Å². The van der Waals surface area contributed by atoms with Crippen molar-refractivity contribution in [2.45, 2.75) is 44.8 Å². The second-order valence-corrected chi connectivity index (χ2v) is 11.8. The maximum Gasteiger partial charge on any atom is 0.350 e. The van der Waals surface area contributed by atoms with E-state index in [1.807, 2.05) is 74.5 Å². The molecule has 0 atom stereocenters. The van der Waals surface area contributed by atoms with Crippen LogP contribution in [-0.4, -0.2) is 18.5 Å². The van der Waals surface area contributed by atoms with Crippen molar-refractivity contribution in [3.8, 4) is 0 Å². The second kappa shape index (κ2) is 9.07. The number of nitrogens with one attached hydrogen (secondary N) is 1. The maximum absolute atomic E-state index is 14.5. The van der Waals surface area contributed by atoms with Gasteiger partial charge in [0.1, 0.15) is 5.28 Å².